The predicted molar refractivity (Wildman–Crippen MR) is 117 cm³/mol. The van der Waals surface area contributed by atoms with Gasteiger partial charge in [-0.1, -0.05) is 18.9 Å². The molecule has 1 aliphatic heterocycles. The summed E-state index contributed by atoms with van der Waals surface area (Å²) < 4.78 is 27.7. The third-order valence-corrected chi connectivity index (χ3v) is 8.73. The van der Waals surface area contributed by atoms with Crippen molar-refractivity contribution in [3.05, 3.63) is 29.3 Å². The number of urea groups is 1. The van der Waals surface area contributed by atoms with E-state index in [9.17, 15) is 18.0 Å². The van der Waals surface area contributed by atoms with Crippen LogP contribution in [-0.4, -0.2) is 67.8 Å². The van der Waals surface area contributed by atoms with E-state index < -0.39 is 22.1 Å². The maximum Gasteiger partial charge on any atom is 0.321 e. The van der Waals surface area contributed by atoms with E-state index >= 15 is 0 Å². The minimum atomic E-state index is -3.54. The number of carbonyl (C=O) groups is 2. The number of aryl methyl sites for hydroxylation is 2. The van der Waals surface area contributed by atoms with Crippen molar-refractivity contribution < 1.29 is 18.0 Å². The molecule has 2 N–H and O–H groups in total. The van der Waals surface area contributed by atoms with E-state index in [1.54, 1.807) is 13.0 Å². The largest absolute Gasteiger partial charge is 0.335 e. The van der Waals surface area contributed by atoms with Crippen molar-refractivity contribution in [2.75, 3.05) is 26.2 Å². The van der Waals surface area contributed by atoms with Gasteiger partial charge in [0, 0.05) is 32.2 Å². The Morgan fingerprint density at radius 3 is 2.39 bits per heavy atom. The number of benzene rings is 1. The number of piperazine rings is 1. The van der Waals surface area contributed by atoms with Gasteiger partial charge in [0.1, 0.15) is 0 Å². The number of hydrogen-bond acceptors (Lipinski definition) is 5. The third kappa shape index (κ3) is 4.94. The van der Waals surface area contributed by atoms with Crippen LogP contribution >= 0.6 is 0 Å². The van der Waals surface area contributed by atoms with Gasteiger partial charge in [-0.25, -0.2) is 13.2 Å². The van der Waals surface area contributed by atoms with Crippen LogP contribution in [0.1, 0.15) is 50.2 Å². The van der Waals surface area contributed by atoms with Crippen molar-refractivity contribution in [1.29, 1.82) is 0 Å². The summed E-state index contributed by atoms with van der Waals surface area (Å²) >= 11 is 0. The number of rotatable bonds is 5. The van der Waals surface area contributed by atoms with E-state index in [-0.39, 0.29) is 11.9 Å². The first kappa shape index (κ1) is 22.2. The lowest BCUT2D eigenvalue weighted by Gasteiger charge is -2.36. The highest BCUT2D eigenvalue weighted by Gasteiger charge is 2.33. The summed E-state index contributed by atoms with van der Waals surface area (Å²) in [4.78, 5) is 26.8. The molecule has 4 rings (SSSR count). The van der Waals surface area contributed by atoms with Gasteiger partial charge in [0.15, 0.2) is 0 Å². The molecule has 1 atom stereocenters. The SMILES string of the molecule is CC(C(=O)NC(=O)NC1CCCC1)N1CCN(S(=O)(=O)c2ccc3c(c2)CCC3)CC1. The molecule has 0 bridgehead atoms. The quantitative estimate of drug-likeness (QED) is 0.714. The normalized spacial score (nSPS) is 21.6. The molecule has 3 amide bonds. The number of nitrogens with zero attached hydrogens (tertiary/aromatic N) is 2. The van der Waals surface area contributed by atoms with E-state index in [2.05, 4.69) is 10.6 Å². The highest BCUT2D eigenvalue weighted by atomic mass is 32.2. The van der Waals surface area contributed by atoms with Crippen LogP contribution in [-0.2, 0) is 27.7 Å². The second-order valence-corrected chi connectivity index (χ2v) is 10.8. The van der Waals surface area contributed by atoms with Crippen LogP contribution < -0.4 is 10.6 Å². The zero-order valence-electron chi connectivity index (χ0n) is 18.1. The van der Waals surface area contributed by atoms with Crippen molar-refractivity contribution in [2.45, 2.75) is 68.8 Å². The number of imide groups is 1. The molecular weight excluding hydrogens is 416 g/mol. The second-order valence-electron chi connectivity index (χ2n) is 8.84. The van der Waals surface area contributed by atoms with Crippen molar-refractivity contribution in [3.8, 4) is 0 Å². The smallest absolute Gasteiger partial charge is 0.321 e. The number of carbonyl (C=O) groups excluding carboxylic acids is 2. The Balaban J connectivity index is 1.30. The summed E-state index contributed by atoms with van der Waals surface area (Å²) in [7, 11) is -3.54. The number of hydrogen-bond donors (Lipinski definition) is 2. The predicted octanol–water partition coefficient (Wildman–Crippen LogP) is 1.64. The molecule has 0 spiro atoms. The fourth-order valence-electron chi connectivity index (χ4n) is 4.86. The molecule has 170 valence electrons. The van der Waals surface area contributed by atoms with E-state index in [0.29, 0.717) is 31.1 Å². The van der Waals surface area contributed by atoms with Gasteiger partial charge < -0.3 is 5.32 Å². The topological polar surface area (TPSA) is 98.8 Å². The molecule has 8 nitrogen and oxygen atoms in total. The van der Waals surface area contributed by atoms with Crippen LogP contribution in [0.15, 0.2) is 23.1 Å². The molecule has 1 aromatic rings. The van der Waals surface area contributed by atoms with Gasteiger partial charge >= 0.3 is 6.03 Å². The minimum Gasteiger partial charge on any atom is -0.335 e. The van der Waals surface area contributed by atoms with Crippen LogP contribution in [0.3, 0.4) is 0 Å². The summed E-state index contributed by atoms with van der Waals surface area (Å²) in [6.45, 7) is 3.30. The van der Waals surface area contributed by atoms with Crippen LogP contribution in [0.5, 0.6) is 0 Å². The van der Waals surface area contributed by atoms with Crippen molar-refractivity contribution in [2.24, 2.45) is 0 Å². The molecule has 9 heteroatoms. The first-order valence-corrected chi connectivity index (χ1v) is 12.8. The van der Waals surface area contributed by atoms with Crippen LogP contribution in [0, 0.1) is 0 Å². The zero-order valence-corrected chi connectivity index (χ0v) is 18.9. The average molecular weight is 449 g/mol. The Morgan fingerprint density at radius 2 is 1.68 bits per heavy atom. The Kier molecular flexibility index (Phi) is 6.64. The monoisotopic (exact) mass is 448 g/mol. The number of sulfonamides is 1. The summed E-state index contributed by atoms with van der Waals surface area (Å²) in [5.41, 5.74) is 2.39. The third-order valence-electron chi connectivity index (χ3n) is 6.84. The standard InChI is InChI=1S/C22H32N4O4S/c1-16(21(27)24-22(28)23-19-7-2-3-8-19)25-11-13-26(14-12-25)31(29,30)20-10-9-17-5-4-6-18(17)15-20/h9-10,15-16,19H,2-8,11-14H2,1H3,(H2,23,24,27,28). The van der Waals surface area contributed by atoms with Crippen LogP contribution in [0.25, 0.3) is 0 Å². The lowest BCUT2D eigenvalue weighted by Crippen LogP contribution is -2.56. The first-order valence-electron chi connectivity index (χ1n) is 11.3. The molecule has 31 heavy (non-hydrogen) atoms. The maximum absolute atomic E-state index is 13.1. The fourth-order valence-corrected chi connectivity index (χ4v) is 6.34. The lowest BCUT2D eigenvalue weighted by atomic mass is 10.1. The molecule has 1 saturated carbocycles. The van der Waals surface area contributed by atoms with E-state index in [4.69, 9.17) is 0 Å². The zero-order chi connectivity index (χ0) is 22.0. The molecule has 1 aromatic carbocycles. The highest BCUT2D eigenvalue weighted by molar-refractivity contribution is 7.89. The van der Waals surface area contributed by atoms with Crippen LogP contribution in [0.4, 0.5) is 4.79 Å². The van der Waals surface area contributed by atoms with E-state index in [1.165, 1.54) is 9.87 Å². The van der Waals surface area contributed by atoms with Gasteiger partial charge in [-0.15, -0.1) is 0 Å². The van der Waals surface area contributed by atoms with E-state index in [1.807, 2.05) is 17.0 Å². The van der Waals surface area contributed by atoms with Crippen molar-refractivity contribution in [3.63, 3.8) is 0 Å². The van der Waals surface area contributed by atoms with Crippen LogP contribution in [0.2, 0.25) is 0 Å². The number of nitrogens with one attached hydrogen (secondary N) is 2. The van der Waals surface area contributed by atoms with Gasteiger partial charge in [0.2, 0.25) is 15.9 Å². The molecule has 1 heterocycles. The number of amides is 3. The molecule has 0 aromatic heterocycles. The summed E-state index contributed by atoms with van der Waals surface area (Å²) in [5.74, 6) is -0.356. The van der Waals surface area contributed by atoms with Gasteiger partial charge in [-0.2, -0.15) is 4.31 Å². The molecule has 2 aliphatic carbocycles. The fraction of sp³-hybridized carbons (Fsp3) is 0.636. The molecule has 2 fully saturated rings. The minimum absolute atomic E-state index is 0.149. The first-order chi connectivity index (χ1) is 14.8. The summed E-state index contributed by atoms with van der Waals surface area (Å²) in [6, 6.07) is 4.68. The maximum atomic E-state index is 13.1. The Morgan fingerprint density at radius 1 is 1.00 bits per heavy atom. The molecule has 0 radical (unpaired) electrons. The van der Waals surface area contributed by atoms with Gasteiger partial charge in [-0.05, 0) is 62.3 Å². The average Bonchev–Trinajstić information content (AvgIpc) is 3.44. The van der Waals surface area contributed by atoms with Gasteiger partial charge in [0.25, 0.3) is 0 Å². The lowest BCUT2D eigenvalue weighted by molar-refractivity contribution is -0.125. The second kappa shape index (κ2) is 9.26. The molecular formula is C22H32N4O4S. The Bertz CT molecular complexity index is 935. The summed E-state index contributed by atoms with van der Waals surface area (Å²) in [6.07, 6.45) is 7.16. The van der Waals surface area contributed by atoms with Gasteiger partial charge in [-0.3, -0.25) is 15.0 Å². The molecule has 3 aliphatic rings. The number of fused-ring (bicyclic) bond motifs is 1. The molecule has 1 saturated heterocycles. The van der Waals surface area contributed by atoms with Crippen molar-refractivity contribution in [1.82, 2.24) is 19.8 Å². The van der Waals surface area contributed by atoms with Crippen molar-refractivity contribution >= 4 is 22.0 Å². The molecule has 1 unspecified atom stereocenters. The Labute approximate surface area is 184 Å². The Hall–Kier alpha value is -1.97. The highest BCUT2D eigenvalue weighted by Crippen LogP contribution is 2.27. The van der Waals surface area contributed by atoms with Gasteiger partial charge in [0.05, 0.1) is 10.9 Å². The summed E-state index contributed by atoms with van der Waals surface area (Å²) in [5, 5.41) is 5.29. The van der Waals surface area contributed by atoms with E-state index in [0.717, 1.165) is 50.5 Å².